The first kappa shape index (κ1) is 15.2. The van der Waals surface area contributed by atoms with E-state index in [0.717, 1.165) is 6.07 Å². The molecule has 0 atom stereocenters. The molecule has 0 radical (unpaired) electrons. The van der Waals surface area contributed by atoms with Crippen molar-refractivity contribution in [3.05, 3.63) is 29.3 Å². The molecule has 0 saturated heterocycles. The van der Waals surface area contributed by atoms with Crippen molar-refractivity contribution in [3.8, 4) is 0 Å². The Labute approximate surface area is 130 Å². The largest absolute Gasteiger partial charge is 1.00 e. The smallest absolute Gasteiger partial charge is 0.545 e. The van der Waals surface area contributed by atoms with E-state index in [1.165, 1.54) is 19.1 Å². The average molecular weight is 254 g/mol. The van der Waals surface area contributed by atoms with Gasteiger partial charge in [0, 0.05) is 5.56 Å². The summed E-state index contributed by atoms with van der Waals surface area (Å²) in [4.78, 5) is 9.92. The van der Waals surface area contributed by atoms with Crippen molar-refractivity contribution < 1.29 is 74.3 Å². The topological polar surface area (TPSA) is 94.5 Å². The van der Waals surface area contributed by atoms with Crippen molar-refractivity contribution >= 4 is 16.1 Å². The van der Waals surface area contributed by atoms with Crippen LogP contribution >= 0.6 is 0 Å². The van der Waals surface area contributed by atoms with Crippen molar-refractivity contribution in [2.24, 2.45) is 0 Å². The molecule has 0 unspecified atom stereocenters. The molecule has 0 saturated carbocycles. The second-order valence-electron chi connectivity index (χ2n) is 2.71. The first-order chi connectivity index (χ1) is 6.34. The Morgan fingerprint density at radius 2 is 1.93 bits per heavy atom. The normalized spacial score (nSPS) is 10.5. The maximum absolute atomic E-state index is 10.8. The maximum Gasteiger partial charge on any atom is 1.00 e. The van der Waals surface area contributed by atoms with E-state index in [-0.39, 0.29) is 56.9 Å². The fraction of sp³-hybridized carbons (Fsp3) is 0.125. The van der Waals surface area contributed by atoms with Crippen LogP contribution in [0.2, 0.25) is 0 Å². The number of aryl methyl sites for hydroxylation is 1. The molecule has 0 heterocycles. The number of carboxylic acids is 1. The number of carbonyl (C=O) groups is 1. The molecule has 1 N–H and O–H groups in total. The summed E-state index contributed by atoms with van der Waals surface area (Å²) < 4.78 is 30.5. The number of carbonyl (C=O) groups excluding carboxylic acids is 1. The Hall–Kier alpha value is 0.236. The summed E-state index contributed by atoms with van der Waals surface area (Å²) in [5, 5.41) is 10.5. The maximum atomic E-state index is 10.8. The summed E-state index contributed by atoms with van der Waals surface area (Å²) in [6.07, 6.45) is 0. The van der Waals surface area contributed by atoms with E-state index in [2.05, 4.69) is 0 Å². The van der Waals surface area contributed by atoms with Gasteiger partial charge in [-0.05, 0) is 12.5 Å². The van der Waals surface area contributed by atoms with Gasteiger partial charge in [-0.1, -0.05) is 18.2 Å². The van der Waals surface area contributed by atoms with Crippen LogP contribution in [0.4, 0.5) is 0 Å². The predicted molar refractivity (Wildman–Crippen MR) is 45.3 cm³/mol. The van der Waals surface area contributed by atoms with E-state index >= 15 is 0 Å². The van der Waals surface area contributed by atoms with E-state index < -0.39 is 26.5 Å². The molecule has 0 aliphatic heterocycles. The monoisotopic (exact) mass is 254 g/mol. The molecular formula is C8H7KO5S. The fourth-order valence-electron chi connectivity index (χ4n) is 1.16. The molecule has 5 nitrogen and oxygen atoms in total. The first-order valence-electron chi connectivity index (χ1n) is 3.62. The van der Waals surface area contributed by atoms with Gasteiger partial charge < -0.3 is 9.90 Å². The van der Waals surface area contributed by atoms with E-state index in [1.807, 2.05) is 0 Å². The second-order valence-corrected chi connectivity index (χ2v) is 4.07. The Morgan fingerprint density at radius 3 is 2.27 bits per heavy atom. The van der Waals surface area contributed by atoms with Gasteiger partial charge in [-0.3, -0.25) is 4.55 Å². The number of hydrogen-bond donors (Lipinski definition) is 1. The van der Waals surface area contributed by atoms with E-state index in [4.69, 9.17) is 4.55 Å². The second kappa shape index (κ2) is 5.53. The molecule has 0 aliphatic rings. The fourth-order valence-corrected chi connectivity index (χ4v) is 2.06. The predicted octanol–water partition coefficient (Wildman–Crippen LogP) is -3.39. The summed E-state index contributed by atoms with van der Waals surface area (Å²) >= 11 is 0. The molecule has 7 heteroatoms. The molecule has 1 rings (SSSR count). The summed E-state index contributed by atoms with van der Waals surface area (Å²) in [7, 11) is -4.53. The zero-order chi connectivity index (χ0) is 10.9. The average Bonchev–Trinajstić information content (AvgIpc) is 2.01. The van der Waals surface area contributed by atoms with Crippen LogP contribution in [0.5, 0.6) is 0 Å². The molecule has 1 aromatic carbocycles. The molecule has 1 aromatic rings. The molecule has 0 spiro atoms. The van der Waals surface area contributed by atoms with Crippen LogP contribution in [-0.4, -0.2) is 18.9 Å². The van der Waals surface area contributed by atoms with Gasteiger partial charge >= 0.3 is 51.4 Å². The van der Waals surface area contributed by atoms with Crippen molar-refractivity contribution in [2.45, 2.75) is 11.8 Å². The standard InChI is InChI=1S/C8H8O5S.K/c1-5-3-2-4-6(8(9)10)7(5)14(11,12)13;/h2-4H,1H3,(H,9,10)(H,11,12,13);/q;+1/p-1. The number of rotatable bonds is 2. The summed E-state index contributed by atoms with van der Waals surface area (Å²) in [6, 6.07) is 3.82. The number of benzene rings is 1. The first-order valence-corrected chi connectivity index (χ1v) is 5.06. The molecule has 15 heavy (non-hydrogen) atoms. The van der Waals surface area contributed by atoms with Crippen molar-refractivity contribution in [1.82, 2.24) is 0 Å². The van der Waals surface area contributed by atoms with Crippen LogP contribution in [0, 0.1) is 6.92 Å². The molecule has 0 aliphatic carbocycles. The van der Waals surface area contributed by atoms with Gasteiger partial charge in [0.05, 0.1) is 5.97 Å². The third-order valence-electron chi connectivity index (χ3n) is 1.69. The third kappa shape index (κ3) is 3.63. The summed E-state index contributed by atoms with van der Waals surface area (Å²) in [5.41, 5.74) is -0.373. The molecule has 76 valence electrons. The van der Waals surface area contributed by atoms with Gasteiger partial charge in [0.2, 0.25) is 0 Å². The molecule has 0 bridgehead atoms. The quantitative estimate of drug-likeness (QED) is 0.439. The van der Waals surface area contributed by atoms with Crippen LogP contribution in [-0.2, 0) is 10.1 Å². The molecule has 0 amide bonds. The van der Waals surface area contributed by atoms with Gasteiger partial charge in [-0.15, -0.1) is 0 Å². The Bertz CT molecular complexity index is 480. The minimum absolute atomic E-state index is 0. The van der Waals surface area contributed by atoms with E-state index in [1.54, 1.807) is 0 Å². The van der Waals surface area contributed by atoms with Crippen LogP contribution in [0.15, 0.2) is 23.1 Å². The molecule has 0 fully saturated rings. The molecule has 0 aromatic heterocycles. The minimum Gasteiger partial charge on any atom is -0.545 e. The summed E-state index contributed by atoms with van der Waals surface area (Å²) in [6.45, 7) is 1.38. The zero-order valence-electron chi connectivity index (χ0n) is 8.22. The zero-order valence-corrected chi connectivity index (χ0v) is 12.2. The van der Waals surface area contributed by atoms with Gasteiger partial charge in [0.15, 0.2) is 0 Å². The van der Waals surface area contributed by atoms with E-state index in [9.17, 15) is 18.3 Å². The number of hydrogen-bond acceptors (Lipinski definition) is 4. The summed E-state index contributed by atoms with van der Waals surface area (Å²) in [5.74, 6) is -1.64. The van der Waals surface area contributed by atoms with Crippen LogP contribution < -0.4 is 56.5 Å². The van der Waals surface area contributed by atoms with Gasteiger partial charge in [-0.25, -0.2) is 0 Å². The number of aromatic carboxylic acids is 1. The van der Waals surface area contributed by atoms with Crippen LogP contribution in [0.3, 0.4) is 0 Å². The Kier molecular flexibility index (Phi) is 5.62. The van der Waals surface area contributed by atoms with Crippen molar-refractivity contribution in [2.75, 3.05) is 0 Å². The van der Waals surface area contributed by atoms with Crippen molar-refractivity contribution in [1.29, 1.82) is 0 Å². The van der Waals surface area contributed by atoms with E-state index in [0.29, 0.717) is 0 Å². The van der Waals surface area contributed by atoms with Crippen molar-refractivity contribution in [3.63, 3.8) is 0 Å². The Balaban J connectivity index is 0.00000196. The Morgan fingerprint density at radius 1 is 1.40 bits per heavy atom. The molecular weight excluding hydrogens is 247 g/mol. The van der Waals surface area contributed by atoms with Gasteiger partial charge in [-0.2, -0.15) is 8.42 Å². The van der Waals surface area contributed by atoms with Gasteiger partial charge in [0.1, 0.15) is 4.90 Å². The van der Waals surface area contributed by atoms with Crippen LogP contribution in [0.25, 0.3) is 0 Å². The third-order valence-corrected chi connectivity index (χ3v) is 2.75. The van der Waals surface area contributed by atoms with Crippen LogP contribution in [0.1, 0.15) is 15.9 Å². The number of carboxylic acid groups (broad SMARTS) is 1. The SMILES string of the molecule is Cc1cccc(C(=O)[O-])c1S(=O)(=O)O.[K+]. The minimum atomic E-state index is -4.53. The van der Waals surface area contributed by atoms with Gasteiger partial charge in [0.25, 0.3) is 10.1 Å².